The molecule has 2 saturated heterocycles. The molecule has 0 N–H and O–H groups in total. The average Bonchev–Trinajstić information content (AvgIpc) is 3.12. The first-order valence-electron chi connectivity index (χ1n) is 7.20. The molecule has 3 amide bonds. The summed E-state index contributed by atoms with van der Waals surface area (Å²) in [6.45, 7) is 1.89. The van der Waals surface area contributed by atoms with Crippen LogP contribution in [0.15, 0.2) is 12.4 Å². The summed E-state index contributed by atoms with van der Waals surface area (Å²) in [5.74, 6) is 0.129. The Morgan fingerprint density at radius 1 is 1.33 bits per heavy atom. The van der Waals surface area contributed by atoms with Gasteiger partial charge in [0.05, 0.1) is 17.3 Å². The number of carbonyl (C=O) groups is 2. The number of likely N-dealkylation sites (tertiary alicyclic amines) is 1. The number of amides is 3. The summed E-state index contributed by atoms with van der Waals surface area (Å²) in [4.78, 5) is 30.0. The lowest BCUT2D eigenvalue weighted by Crippen LogP contribution is -2.41. The van der Waals surface area contributed by atoms with Crippen LogP contribution >= 0.6 is 0 Å². The normalized spacial score (nSPS) is 25.2. The van der Waals surface area contributed by atoms with Gasteiger partial charge >= 0.3 is 6.03 Å². The molecule has 114 valence electrons. The van der Waals surface area contributed by atoms with Gasteiger partial charge in [-0.15, -0.1) is 0 Å². The van der Waals surface area contributed by atoms with Gasteiger partial charge in [0.15, 0.2) is 0 Å². The Hall–Kier alpha value is -2.05. The highest BCUT2D eigenvalue weighted by Gasteiger charge is 2.52. The molecule has 2 fully saturated rings. The molecule has 0 radical (unpaired) electrons. The van der Waals surface area contributed by atoms with E-state index in [0.29, 0.717) is 19.6 Å². The largest absolute Gasteiger partial charge is 0.331 e. The zero-order valence-corrected chi connectivity index (χ0v) is 12.7. The smallest absolute Gasteiger partial charge is 0.319 e. The van der Waals surface area contributed by atoms with Gasteiger partial charge < -0.3 is 14.7 Å². The summed E-state index contributed by atoms with van der Waals surface area (Å²) in [6.07, 6.45) is 5.13. The lowest BCUT2D eigenvalue weighted by molar-refractivity contribution is -0.124. The molecule has 0 bridgehead atoms. The van der Waals surface area contributed by atoms with E-state index in [0.717, 1.165) is 18.5 Å². The third kappa shape index (κ3) is 2.16. The van der Waals surface area contributed by atoms with Crippen molar-refractivity contribution in [3.05, 3.63) is 12.4 Å². The van der Waals surface area contributed by atoms with Gasteiger partial charge in [0, 0.05) is 47.0 Å². The predicted octanol–water partition coefficient (Wildman–Crippen LogP) is 0.530. The summed E-state index contributed by atoms with van der Waals surface area (Å²) >= 11 is 0. The van der Waals surface area contributed by atoms with Crippen LogP contribution in [0.25, 0.3) is 0 Å². The number of anilines is 1. The molecular formula is C14H21N5O2. The van der Waals surface area contributed by atoms with Crippen molar-refractivity contribution in [2.24, 2.45) is 12.5 Å². The van der Waals surface area contributed by atoms with Crippen molar-refractivity contribution in [3.8, 4) is 0 Å². The average molecular weight is 291 g/mol. The van der Waals surface area contributed by atoms with Gasteiger partial charge in [0.25, 0.3) is 0 Å². The van der Waals surface area contributed by atoms with Gasteiger partial charge in [-0.05, 0) is 12.8 Å². The number of hydrogen-bond acceptors (Lipinski definition) is 3. The third-order valence-electron chi connectivity index (χ3n) is 4.52. The van der Waals surface area contributed by atoms with Gasteiger partial charge in [0.1, 0.15) is 0 Å². The van der Waals surface area contributed by atoms with Crippen LogP contribution in [0.2, 0.25) is 0 Å². The summed E-state index contributed by atoms with van der Waals surface area (Å²) in [5, 5.41) is 4.13. The molecule has 7 nitrogen and oxygen atoms in total. The maximum absolute atomic E-state index is 12.8. The Balaban J connectivity index is 1.76. The minimum atomic E-state index is -0.401. The van der Waals surface area contributed by atoms with Crippen molar-refractivity contribution < 1.29 is 9.59 Å². The van der Waals surface area contributed by atoms with Gasteiger partial charge in [-0.25, -0.2) is 4.79 Å². The van der Waals surface area contributed by atoms with Crippen LogP contribution in [0.1, 0.15) is 12.8 Å². The zero-order valence-electron chi connectivity index (χ0n) is 12.7. The second kappa shape index (κ2) is 4.75. The fourth-order valence-corrected chi connectivity index (χ4v) is 3.31. The second-order valence-electron chi connectivity index (χ2n) is 6.21. The number of hydrogen-bond donors (Lipinski definition) is 0. The Morgan fingerprint density at radius 2 is 2.05 bits per heavy atom. The Kier molecular flexibility index (Phi) is 3.15. The third-order valence-corrected chi connectivity index (χ3v) is 4.52. The molecule has 0 saturated carbocycles. The lowest BCUT2D eigenvalue weighted by atomic mass is 9.85. The lowest BCUT2D eigenvalue weighted by Gasteiger charge is -2.25. The summed E-state index contributed by atoms with van der Waals surface area (Å²) in [6, 6.07) is -0.0143. The van der Waals surface area contributed by atoms with Crippen LogP contribution in [0.5, 0.6) is 0 Å². The van der Waals surface area contributed by atoms with E-state index < -0.39 is 5.41 Å². The van der Waals surface area contributed by atoms with E-state index in [-0.39, 0.29) is 11.9 Å². The minimum Gasteiger partial charge on any atom is -0.331 e. The molecule has 3 rings (SSSR count). The quantitative estimate of drug-likeness (QED) is 0.758. The fraction of sp³-hybridized carbons (Fsp3) is 0.643. The molecule has 2 aliphatic rings. The Morgan fingerprint density at radius 3 is 2.67 bits per heavy atom. The van der Waals surface area contributed by atoms with E-state index in [1.807, 2.05) is 13.2 Å². The van der Waals surface area contributed by atoms with Crippen molar-refractivity contribution in [1.29, 1.82) is 0 Å². The fourth-order valence-electron chi connectivity index (χ4n) is 3.31. The van der Waals surface area contributed by atoms with Crippen molar-refractivity contribution >= 4 is 17.6 Å². The first kappa shape index (κ1) is 13.9. The van der Waals surface area contributed by atoms with Crippen LogP contribution in [-0.4, -0.2) is 65.2 Å². The molecule has 1 spiro atoms. The number of aromatic nitrogens is 2. The van der Waals surface area contributed by atoms with Crippen molar-refractivity contribution in [3.63, 3.8) is 0 Å². The van der Waals surface area contributed by atoms with Gasteiger partial charge in [-0.2, -0.15) is 5.10 Å². The first-order valence-corrected chi connectivity index (χ1v) is 7.20. The number of nitrogens with zero attached hydrogens (tertiary/aromatic N) is 5. The zero-order chi connectivity index (χ0) is 15.2. The molecule has 1 atom stereocenters. The molecule has 3 heterocycles. The van der Waals surface area contributed by atoms with E-state index in [1.54, 1.807) is 39.7 Å². The molecule has 2 aliphatic heterocycles. The predicted molar refractivity (Wildman–Crippen MR) is 77.9 cm³/mol. The molecule has 0 aromatic carbocycles. The summed E-state index contributed by atoms with van der Waals surface area (Å²) < 4.78 is 1.70. The van der Waals surface area contributed by atoms with Gasteiger partial charge in [-0.1, -0.05) is 0 Å². The van der Waals surface area contributed by atoms with Crippen LogP contribution in [0.3, 0.4) is 0 Å². The van der Waals surface area contributed by atoms with Crippen LogP contribution in [0.4, 0.5) is 10.5 Å². The molecule has 0 aliphatic carbocycles. The first-order chi connectivity index (χ1) is 9.93. The maximum atomic E-state index is 12.8. The molecule has 1 aromatic heterocycles. The molecule has 1 unspecified atom stereocenters. The molecule has 1 aromatic rings. The maximum Gasteiger partial charge on any atom is 0.319 e. The minimum absolute atomic E-state index is 0.0143. The Labute approximate surface area is 124 Å². The van der Waals surface area contributed by atoms with E-state index in [2.05, 4.69) is 5.10 Å². The topological polar surface area (TPSA) is 61.7 Å². The van der Waals surface area contributed by atoms with Crippen molar-refractivity contribution in [1.82, 2.24) is 19.6 Å². The van der Waals surface area contributed by atoms with Crippen molar-refractivity contribution in [2.75, 3.05) is 38.6 Å². The number of carbonyl (C=O) groups excluding carboxylic acids is 2. The van der Waals surface area contributed by atoms with Crippen molar-refractivity contribution in [2.45, 2.75) is 12.8 Å². The van der Waals surface area contributed by atoms with Crippen LogP contribution < -0.4 is 4.90 Å². The summed E-state index contributed by atoms with van der Waals surface area (Å²) in [5.41, 5.74) is 0.443. The highest BCUT2D eigenvalue weighted by molar-refractivity contribution is 6.00. The Bertz CT molecular complexity index is 582. The van der Waals surface area contributed by atoms with E-state index >= 15 is 0 Å². The highest BCUT2D eigenvalue weighted by Crippen LogP contribution is 2.42. The number of aryl methyl sites for hydroxylation is 1. The van der Waals surface area contributed by atoms with E-state index in [1.165, 1.54) is 0 Å². The van der Waals surface area contributed by atoms with E-state index in [4.69, 9.17) is 0 Å². The van der Waals surface area contributed by atoms with Gasteiger partial charge in [-0.3, -0.25) is 9.48 Å². The SMILES string of the molecule is CN(C)C(=O)N1CCC2(CCN(c3cnn(C)c3)C2=O)C1. The number of urea groups is 1. The second-order valence-corrected chi connectivity index (χ2v) is 6.21. The summed E-state index contributed by atoms with van der Waals surface area (Å²) in [7, 11) is 5.32. The van der Waals surface area contributed by atoms with Crippen LogP contribution in [0, 0.1) is 5.41 Å². The monoisotopic (exact) mass is 291 g/mol. The molecular weight excluding hydrogens is 270 g/mol. The van der Waals surface area contributed by atoms with Crippen LogP contribution in [-0.2, 0) is 11.8 Å². The van der Waals surface area contributed by atoms with Gasteiger partial charge in [0.2, 0.25) is 5.91 Å². The highest BCUT2D eigenvalue weighted by atomic mass is 16.2. The number of rotatable bonds is 1. The molecule has 7 heteroatoms. The molecule has 21 heavy (non-hydrogen) atoms. The standard InChI is InChI=1S/C14H21N5O2/c1-16(2)13(21)18-6-4-14(10-18)5-7-19(12(14)20)11-8-15-17(3)9-11/h8-9H,4-7,10H2,1-3H3. The van der Waals surface area contributed by atoms with E-state index in [9.17, 15) is 9.59 Å².